The molecule has 0 aliphatic rings. The largest absolute Gasteiger partial charge is 0.435 e. The van der Waals surface area contributed by atoms with Crippen LogP contribution in [0.2, 0.25) is 0 Å². The second kappa shape index (κ2) is 7.83. The second-order valence-corrected chi connectivity index (χ2v) is 5.51. The number of hydrogen-bond donors (Lipinski definition) is 1. The van der Waals surface area contributed by atoms with Crippen molar-refractivity contribution in [3.05, 3.63) is 69.0 Å². The van der Waals surface area contributed by atoms with Crippen LogP contribution in [0, 0.1) is 14.9 Å². The summed E-state index contributed by atoms with van der Waals surface area (Å²) in [5.41, 5.74) is 0.715. The summed E-state index contributed by atoms with van der Waals surface area (Å²) < 4.78 is 30.2. The van der Waals surface area contributed by atoms with Crippen LogP contribution in [0.3, 0.4) is 0 Å². The number of halogens is 2. The third-order valence-corrected chi connectivity index (χ3v) is 3.70. The number of hydrogen-bond acceptors (Lipinski definition) is 6. The lowest BCUT2D eigenvalue weighted by molar-refractivity contribution is -0.385. The van der Waals surface area contributed by atoms with Gasteiger partial charge in [-0.3, -0.25) is 10.1 Å². The Bertz CT molecular complexity index is 1050. The average molecular weight is 391 g/mol. The molecule has 3 aromatic rings. The summed E-state index contributed by atoms with van der Waals surface area (Å²) in [5.74, 6) is 0.302. The van der Waals surface area contributed by atoms with E-state index in [0.717, 1.165) is 0 Å². The number of benzene rings is 2. The predicted octanol–water partition coefficient (Wildman–Crippen LogP) is 4.00. The number of ether oxygens (including phenoxy) is 1. The maximum absolute atomic E-state index is 12.2. The van der Waals surface area contributed by atoms with Gasteiger partial charge in [0.2, 0.25) is 4.77 Å². The van der Waals surface area contributed by atoms with E-state index in [0.29, 0.717) is 11.4 Å². The fourth-order valence-electron chi connectivity index (χ4n) is 2.25. The van der Waals surface area contributed by atoms with E-state index in [1.807, 2.05) is 0 Å². The molecule has 0 fully saturated rings. The molecule has 0 saturated heterocycles. The van der Waals surface area contributed by atoms with Crippen LogP contribution in [0.5, 0.6) is 5.75 Å². The summed E-state index contributed by atoms with van der Waals surface area (Å²) in [6.07, 6.45) is 1.29. The number of rotatable bonds is 6. The van der Waals surface area contributed by atoms with E-state index in [1.165, 1.54) is 41.2 Å². The van der Waals surface area contributed by atoms with Gasteiger partial charge in [0.1, 0.15) is 5.75 Å². The van der Waals surface area contributed by atoms with Gasteiger partial charge in [-0.15, -0.1) is 0 Å². The summed E-state index contributed by atoms with van der Waals surface area (Å²) in [7, 11) is 0. The molecule has 1 heterocycles. The number of aromatic amines is 1. The lowest BCUT2D eigenvalue weighted by Crippen LogP contribution is -2.01. The first-order valence-electron chi connectivity index (χ1n) is 7.46. The van der Waals surface area contributed by atoms with Crippen LogP contribution >= 0.6 is 12.2 Å². The lowest BCUT2D eigenvalue weighted by Gasteiger charge is -2.05. The normalized spacial score (nSPS) is 11.2. The van der Waals surface area contributed by atoms with Gasteiger partial charge in [-0.25, -0.2) is 5.10 Å². The number of nitro groups is 1. The summed E-state index contributed by atoms with van der Waals surface area (Å²) in [6.45, 7) is -2.92. The minimum atomic E-state index is -2.92. The third-order valence-electron chi connectivity index (χ3n) is 3.43. The van der Waals surface area contributed by atoms with Crippen LogP contribution in [0.15, 0.2) is 53.6 Å². The number of nitro benzene ring substituents is 1. The monoisotopic (exact) mass is 391 g/mol. The van der Waals surface area contributed by atoms with E-state index in [-0.39, 0.29) is 21.8 Å². The van der Waals surface area contributed by atoms with Gasteiger partial charge in [0.25, 0.3) is 5.69 Å². The van der Waals surface area contributed by atoms with E-state index >= 15 is 0 Å². The summed E-state index contributed by atoms with van der Waals surface area (Å²) in [5, 5.41) is 21.9. The highest BCUT2D eigenvalue weighted by molar-refractivity contribution is 7.71. The van der Waals surface area contributed by atoms with E-state index < -0.39 is 11.5 Å². The zero-order valence-corrected chi connectivity index (χ0v) is 14.3. The summed E-state index contributed by atoms with van der Waals surface area (Å²) >= 11 is 5.13. The van der Waals surface area contributed by atoms with Crippen molar-refractivity contribution in [2.24, 2.45) is 5.10 Å². The number of H-pyrrole nitrogens is 1. The topological polar surface area (TPSA) is 98.3 Å². The van der Waals surface area contributed by atoms with Crippen LogP contribution < -0.4 is 4.74 Å². The Labute approximate surface area is 155 Å². The molecular weight excluding hydrogens is 380 g/mol. The smallest absolute Gasteiger partial charge is 0.387 e. The standard InChI is InChI=1S/C16H11F2N5O3S/c17-15(18)26-12-7-5-10(6-8-12)14-20-21-16(27)22(14)19-9-11-3-1-2-4-13(11)23(24)25/h1-9,15H,(H,21,27). The van der Waals surface area contributed by atoms with Gasteiger partial charge in [0.05, 0.1) is 16.7 Å². The molecular formula is C16H11F2N5O3S. The molecule has 0 unspecified atom stereocenters. The molecule has 0 atom stereocenters. The first kappa shape index (κ1) is 18.3. The van der Waals surface area contributed by atoms with Crippen molar-refractivity contribution in [2.45, 2.75) is 6.61 Å². The Morgan fingerprint density at radius 2 is 1.96 bits per heavy atom. The van der Waals surface area contributed by atoms with Crippen molar-refractivity contribution in [3.8, 4) is 17.1 Å². The zero-order chi connectivity index (χ0) is 19.4. The predicted molar refractivity (Wildman–Crippen MR) is 95.6 cm³/mol. The second-order valence-electron chi connectivity index (χ2n) is 5.13. The molecule has 138 valence electrons. The van der Waals surface area contributed by atoms with E-state index in [9.17, 15) is 18.9 Å². The van der Waals surface area contributed by atoms with Crippen molar-refractivity contribution in [1.82, 2.24) is 14.9 Å². The first-order valence-corrected chi connectivity index (χ1v) is 7.87. The number of nitrogens with one attached hydrogen (secondary N) is 1. The van der Waals surface area contributed by atoms with Crippen molar-refractivity contribution < 1.29 is 18.4 Å². The molecule has 3 rings (SSSR count). The van der Waals surface area contributed by atoms with Crippen molar-refractivity contribution in [2.75, 3.05) is 0 Å². The molecule has 0 aliphatic carbocycles. The number of aromatic nitrogens is 3. The van der Waals surface area contributed by atoms with Crippen LogP contribution in [0.4, 0.5) is 14.5 Å². The molecule has 0 aliphatic heterocycles. The minimum absolute atomic E-state index is 0.00200. The van der Waals surface area contributed by atoms with Gasteiger partial charge in [0, 0.05) is 11.6 Å². The van der Waals surface area contributed by atoms with Gasteiger partial charge in [-0.2, -0.15) is 23.7 Å². The Kier molecular flexibility index (Phi) is 5.31. The Hall–Kier alpha value is -3.47. The SMILES string of the molecule is O=[N+]([O-])c1ccccc1C=Nn1c(-c2ccc(OC(F)F)cc2)n[nH]c1=S. The fraction of sp³-hybridized carbons (Fsp3) is 0.0625. The van der Waals surface area contributed by atoms with Crippen molar-refractivity contribution in [3.63, 3.8) is 0 Å². The van der Waals surface area contributed by atoms with E-state index in [4.69, 9.17) is 12.2 Å². The molecule has 2 aromatic carbocycles. The van der Waals surface area contributed by atoms with Crippen LogP contribution in [0.1, 0.15) is 5.56 Å². The molecule has 0 spiro atoms. The quantitative estimate of drug-likeness (QED) is 0.296. The summed E-state index contributed by atoms with van der Waals surface area (Å²) in [6, 6.07) is 11.8. The van der Waals surface area contributed by atoms with Crippen LogP contribution in [0.25, 0.3) is 11.4 Å². The van der Waals surface area contributed by atoms with E-state index in [2.05, 4.69) is 20.0 Å². The van der Waals surface area contributed by atoms with Crippen LogP contribution in [-0.2, 0) is 0 Å². The molecule has 0 saturated carbocycles. The fourth-order valence-corrected chi connectivity index (χ4v) is 2.43. The minimum Gasteiger partial charge on any atom is -0.435 e. The molecule has 11 heteroatoms. The number of nitrogens with zero attached hydrogens (tertiary/aromatic N) is 4. The molecule has 27 heavy (non-hydrogen) atoms. The third kappa shape index (κ3) is 4.20. The molecule has 8 nitrogen and oxygen atoms in total. The molecule has 0 radical (unpaired) electrons. The van der Waals surface area contributed by atoms with Crippen molar-refractivity contribution in [1.29, 1.82) is 0 Å². The van der Waals surface area contributed by atoms with Gasteiger partial charge >= 0.3 is 6.61 Å². The molecule has 1 aromatic heterocycles. The van der Waals surface area contributed by atoms with Crippen LogP contribution in [-0.4, -0.2) is 32.6 Å². The van der Waals surface area contributed by atoms with Gasteiger partial charge in [-0.1, -0.05) is 12.1 Å². The zero-order valence-electron chi connectivity index (χ0n) is 13.5. The number of alkyl halides is 2. The summed E-state index contributed by atoms with van der Waals surface area (Å²) in [4.78, 5) is 10.6. The Morgan fingerprint density at radius 1 is 1.26 bits per heavy atom. The maximum atomic E-state index is 12.2. The lowest BCUT2D eigenvalue weighted by atomic mass is 10.2. The molecule has 1 N–H and O–H groups in total. The van der Waals surface area contributed by atoms with Gasteiger partial charge < -0.3 is 4.74 Å². The molecule has 0 bridgehead atoms. The highest BCUT2D eigenvalue weighted by Gasteiger charge is 2.12. The first-order chi connectivity index (χ1) is 13.0. The van der Waals surface area contributed by atoms with Crippen molar-refractivity contribution >= 4 is 24.1 Å². The van der Waals surface area contributed by atoms with Gasteiger partial charge in [0.15, 0.2) is 5.82 Å². The Balaban J connectivity index is 1.94. The van der Waals surface area contributed by atoms with Gasteiger partial charge in [-0.05, 0) is 42.5 Å². The average Bonchev–Trinajstić information content (AvgIpc) is 3.01. The maximum Gasteiger partial charge on any atom is 0.387 e. The highest BCUT2D eigenvalue weighted by Crippen LogP contribution is 2.22. The van der Waals surface area contributed by atoms with E-state index in [1.54, 1.807) is 18.2 Å². The highest BCUT2D eigenvalue weighted by atomic mass is 32.1. The molecule has 0 amide bonds. The number of para-hydroxylation sites is 1. The Morgan fingerprint density at radius 3 is 2.63 bits per heavy atom.